The lowest BCUT2D eigenvalue weighted by atomic mass is 10.4. The van der Waals surface area contributed by atoms with Crippen molar-refractivity contribution in [2.24, 2.45) is 0 Å². The van der Waals surface area contributed by atoms with E-state index in [0.29, 0.717) is 0 Å². The molecule has 6 heteroatoms. The molecule has 0 saturated carbocycles. The second-order valence-electron chi connectivity index (χ2n) is 3.81. The first kappa shape index (κ1) is 15.1. The Hall–Kier alpha value is -3.28. The first-order chi connectivity index (χ1) is 10.7. The van der Waals surface area contributed by atoms with Crippen molar-refractivity contribution in [2.75, 3.05) is 0 Å². The van der Waals surface area contributed by atoms with E-state index in [9.17, 15) is 9.59 Å². The van der Waals surface area contributed by atoms with Gasteiger partial charge in [0, 0.05) is 24.3 Å². The van der Waals surface area contributed by atoms with Crippen LogP contribution in [0.25, 0.3) is 0 Å². The molecule has 112 valence electrons. The number of esters is 2. The zero-order valence-electron chi connectivity index (χ0n) is 11.4. The van der Waals surface area contributed by atoms with Gasteiger partial charge in [-0.3, -0.25) is 0 Å². The van der Waals surface area contributed by atoms with Crippen LogP contribution < -0.4 is 0 Å². The molecule has 0 aromatic heterocycles. The lowest BCUT2D eigenvalue weighted by Crippen LogP contribution is -2.05. The van der Waals surface area contributed by atoms with Crippen LogP contribution in [0.5, 0.6) is 0 Å². The van der Waals surface area contributed by atoms with Crippen molar-refractivity contribution in [2.45, 2.75) is 0 Å². The van der Waals surface area contributed by atoms with E-state index in [1.165, 1.54) is 24.7 Å². The fraction of sp³-hybridized carbons (Fsp3) is 0. The molecule has 2 heterocycles. The molecule has 0 aromatic rings. The molecule has 0 unspecified atom stereocenters. The summed E-state index contributed by atoms with van der Waals surface area (Å²) >= 11 is 0. The Morgan fingerprint density at radius 3 is 1.64 bits per heavy atom. The van der Waals surface area contributed by atoms with Gasteiger partial charge in [-0.2, -0.15) is 0 Å². The van der Waals surface area contributed by atoms with Gasteiger partial charge in [0.2, 0.25) is 0 Å². The van der Waals surface area contributed by atoms with E-state index in [2.05, 4.69) is 0 Å². The molecule has 0 aliphatic carbocycles. The van der Waals surface area contributed by atoms with E-state index >= 15 is 0 Å². The van der Waals surface area contributed by atoms with Gasteiger partial charge >= 0.3 is 11.9 Å². The number of ether oxygens (including phenoxy) is 4. The molecule has 0 spiro atoms. The minimum absolute atomic E-state index is 0.00176. The number of hydrogen-bond donors (Lipinski definition) is 0. The molecule has 0 saturated heterocycles. The average molecular weight is 300 g/mol. The Bertz CT molecular complexity index is 588. The van der Waals surface area contributed by atoms with Crippen molar-refractivity contribution >= 4 is 11.9 Å². The van der Waals surface area contributed by atoms with Crippen LogP contribution >= 0.6 is 0 Å². The highest BCUT2D eigenvalue weighted by Gasteiger charge is 2.08. The van der Waals surface area contributed by atoms with Crippen LogP contribution in [0.1, 0.15) is 0 Å². The number of rotatable bonds is 4. The van der Waals surface area contributed by atoms with Gasteiger partial charge in [-0.25, -0.2) is 9.59 Å². The topological polar surface area (TPSA) is 71.1 Å². The first-order valence-electron chi connectivity index (χ1n) is 6.26. The summed E-state index contributed by atoms with van der Waals surface area (Å²) in [6.45, 7) is 0. The summed E-state index contributed by atoms with van der Waals surface area (Å²) in [5, 5.41) is 0. The molecular weight excluding hydrogens is 288 g/mol. The molecule has 22 heavy (non-hydrogen) atoms. The van der Waals surface area contributed by atoms with Gasteiger partial charge in [0.05, 0.1) is 12.5 Å². The van der Waals surface area contributed by atoms with Crippen molar-refractivity contribution in [3.05, 3.63) is 85.2 Å². The van der Waals surface area contributed by atoms with Crippen LogP contribution in [-0.2, 0) is 28.5 Å². The van der Waals surface area contributed by atoms with E-state index in [1.807, 2.05) is 0 Å². The summed E-state index contributed by atoms with van der Waals surface area (Å²) in [5.74, 6) is -1.55. The average Bonchev–Trinajstić information content (AvgIpc) is 2.90. The molecule has 6 nitrogen and oxygen atoms in total. The van der Waals surface area contributed by atoms with Crippen LogP contribution in [0.4, 0.5) is 0 Å². The summed E-state index contributed by atoms with van der Waals surface area (Å²) in [6.07, 6.45) is 17.5. The predicted molar refractivity (Wildman–Crippen MR) is 76.2 cm³/mol. The summed E-state index contributed by atoms with van der Waals surface area (Å²) in [7, 11) is 0. The lowest BCUT2D eigenvalue weighted by molar-refractivity contribution is -0.140. The molecule has 2 rings (SSSR count). The molecule has 0 N–H and O–H groups in total. The summed E-state index contributed by atoms with van der Waals surface area (Å²) in [5.41, 5.74) is 0. The van der Waals surface area contributed by atoms with Gasteiger partial charge in [0.25, 0.3) is 11.9 Å². The third-order valence-electron chi connectivity index (χ3n) is 2.19. The fourth-order valence-electron chi connectivity index (χ4n) is 1.30. The minimum atomic E-state index is -0.776. The number of allylic oxidation sites excluding steroid dienone is 8. The maximum absolute atomic E-state index is 11.5. The van der Waals surface area contributed by atoms with E-state index in [0.717, 1.165) is 12.2 Å². The van der Waals surface area contributed by atoms with Crippen LogP contribution in [0.2, 0.25) is 0 Å². The van der Waals surface area contributed by atoms with Crippen LogP contribution in [0, 0.1) is 0 Å². The number of carbonyl (C=O) groups excluding carboxylic acids is 2. The van der Waals surface area contributed by atoms with Crippen molar-refractivity contribution in [1.82, 2.24) is 0 Å². The monoisotopic (exact) mass is 300 g/mol. The van der Waals surface area contributed by atoms with Crippen molar-refractivity contribution in [3.63, 3.8) is 0 Å². The van der Waals surface area contributed by atoms with Gasteiger partial charge in [-0.15, -0.1) is 0 Å². The third-order valence-corrected chi connectivity index (χ3v) is 2.19. The van der Waals surface area contributed by atoms with Crippen LogP contribution in [0.3, 0.4) is 0 Å². The van der Waals surface area contributed by atoms with Gasteiger partial charge in [0.1, 0.15) is 0 Å². The van der Waals surface area contributed by atoms with Crippen LogP contribution in [-0.4, -0.2) is 11.9 Å². The van der Waals surface area contributed by atoms with Crippen molar-refractivity contribution in [3.8, 4) is 0 Å². The molecule has 0 amide bonds. The predicted octanol–water partition coefficient (Wildman–Crippen LogP) is 2.51. The Labute approximate surface area is 126 Å². The normalized spacial score (nSPS) is 16.0. The Morgan fingerprint density at radius 2 is 1.18 bits per heavy atom. The SMILES string of the molecule is O=C(/C=C/C(=O)OC1=CC=CC=CO1)OC1=CC=CC=CO1. The second kappa shape index (κ2) is 8.11. The first-order valence-corrected chi connectivity index (χ1v) is 6.26. The molecule has 2 aliphatic heterocycles. The van der Waals surface area contributed by atoms with Gasteiger partial charge < -0.3 is 18.9 Å². The summed E-state index contributed by atoms with van der Waals surface area (Å²) < 4.78 is 19.7. The van der Waals surface area contributed by atoms with E-state index in [1.54, 1.807) is 36.5 Å². The van der Waals surface area contributed by atoms with E-state index < -0.39 is 11.9 Å². The highest BCUT2D eigenvalue weighted by atomic mass is 16.7. The number of hydrogen-bond acceptors (Lipinski definition) is 6. The van der Waals surface area contributed by atoms with Crippen molar-refractivity contribution < 1.29 is 28.5 Å². The highest BCUT2D eigenvalue weighted by molar-refractivity contribution is 5.92. The fourth-order valence-corrected chi connectivity index (χ4v) is 1.30. The van der Waals surface area contributed by atoms with E-state index in [4.69, 9.17) is 18.9 Å². The smallest absolute Gasteiger partial charge is 0.338 e. The van der Waals surface area contributed by atoms with Gasteiger partial charge in [-0.05, 0) is 12.2 Å². The van der Waals surface area contributed by atoms with Gasteiger partial charge in [0.15, 0.2) is 0 Å². The number of carbonyl (C=O) groups is 2. The summed E-state index contributed by atoms with van der Waals surface area (Å²) in [6, 6.07) is 0. The molecule has 0 fully saturated rings. The highest BCUT2D eigenvalue weighted by Crippen LogP contribution is 2.07. The largest absolute Gasteiger partial charge is 0.434 e. The molecule has 0 radical (unpaired) electrons. The van der Waals surface area contributed by atoms with Crippen molar-refractivity contribution in [1.29, 1.82) is 0 Å². The zero-order valence-corrected chi connectivity index (χ0v) is 11.4. The van der Waals surface area contributed by atoms with E-state index in [-0.39, 0.29) is 11.9 Å². The molecular formula is C16H12O6. The Morgan fingerprint density at radius 1 is 0.727 bits per heavy atom. The molecule has 2 aliphatic rings. The standard InChI is InChI=1S/C16H12O6/c17-13(21-15-7-3-1-5-11-19-15)9-10-14(18)22-16-8-4-2-6-12-20-16/h1-12H/b10-9+. The van der Waals surface area contributed by atoms with Gasteiger partial charge in [-0.1, -0.05) is 24.3 Å². The Balaban J connectivity index is 1.83. The maximum atomic E-state index is 11.5. The molecule has 0 bridgehead atoms. The lowest BCUT2D eigenvalue weighted by Gasteiger charge is -2.04. The molecule has 0 aromatic carbocycles. The maximum Gasteiger partial charge on any atom is 0.338 e. The molecule has 0 atom stereocenters. The Kier molecular flexibility index (Phi) is 5.57. The third kappa shape index (κ3) is 5.38. The quantitative estimate of drug-likeness (QED) is 0.587. The minimum Gasteiger partial charge on any atom is -0.434 e. The summed E-state index contributed by atoms with van der Waals surface area (Å²) in [4.78, 5) is 23.0. The second-order valence-corrected chi connectivity index (χ2v) is 3.81. The van der Waals surface area contributed by atoms with Crippen LogP contribution in [0.15, 0.2) is 85.2 Å². The zero-order chi connectivity index (χ0) is 15.6.